The minimum Gasteiger partial charge on any atom is -0.493 e. The fraction of sp³-hybridized carbons (Fsp3) is 0.154. The molecule has 0 saturated carbocycles. The number of aryl methyl sites for hydroxylation is 1. The maximum absolute atomic E-state index is 13.0. The van der Waals surface area contributed by atoms with E-state index in [-0.39, 0.29) is 24.3 Å². The molecule has 33 heavy (non-hydrogen) atoms. The van der Waals surface area contributed by atoms with Crippen LogP contribution in [-0.2, 0) is 17.9 Å². The molecule has 1 aliphatic heterocycles. The van der Waals surface area contributed by atoms with E-state index in [1.165, 1.54) is 4.90 Å². The van der Waals surface area contributed by atoms with Gasteiger partial charge in [-0.3, -0.25) is 14.5 Å². The van der Waals surface area contributed by atoms with Crippen LogP contribution in [-0.4, -0.2) is 23.2 Å². The third-order valence-electron chi connectivity index (χ3n) is 5.12. The number of imide groups is 1. The molecule has 0 bridgehead atoms. The number of hydrogen-bond donors (Lipinski definition) is 0. The first-order valence-electron chi connectivity index (χ1n) is 10.3. The number of methoxy groups -OCH3 is 1. The number of nitrogens with zero attached hydrogens (tertiary/aromatic N) is 1. The molecule has 4 rings (SSSR count). The van der Waals surface area contributed by atoms with E-state index in [4.69, 9.17) is 21.1 Å². The van der Waals surface area contributed by atoms with Crippen LogP contribution in [0.2, 0.25) is 5.02 Å². The van der Waals surface area contributed by atoms with E-state index >= 15 is 0 Å². The molecule has 0 aliphatic carbocycles. The van der Waals surface area contributed by atoms with E-state index in [1.54, 1.807) is 25.3 Å². The van der Waals surface area contributed by atoms with Gasteiger partial charge in [0.1, 0.15) is 6.61 Å². The summed E-state index contributed by atoms with van der Waals surface area (Å²) in [6.07, 6.45) is 1.68. The number of amides is 2. The van der Waals surface area contributed by atoms with Crippen molar-refractivity contribution in [1.29, 1.82) is 0 Å². The van der Waals surface area contributed by atoms with Crippen molar-refractivity contribution in [2.75, 3.05) is 7.11 Å². The molecule has 1 aliphatic rings. The second kappa shape index (κ2) is 10.1. The van der Waals surface area contributed by atoms with Crippen molar-refractivity contribution in [1.82, 2.24) is 4.90 Å². The van der Waals surface area contributed by atoms with E-state index < -0.39 is 0 Å². The van der Waals surface area contributed by atoms with Crippen molar-refractivity contribution >= 4 is 40.6 Å². The first-order chi connectivity index (χ1) is 15.9. The molecule has 2 amide bonds. The number of carbonyl (C=O) groups excluding carboxylic acids is 2. The number of rotatable bonds is 7. The Morgan fingerprint density at radius 3 is 2.48 bits per heavy atom. The minimum atomic E-state index is -0.325. The molecule has 3 aromatic carbocycles. The SMILES string of the molecule is COc1cccc(/C=C2\SC(=O)N(Cc3ccc(C)cc3)C2=O)c1OCc1cccc(Cl)c1. The number of para-hydroxylation sites is 1. The van der Waals surface area contributed by atoms with Gasteiger partial charge in [-0.2, -0.15) is 0 Å². The quantitative estimate of drug-likeness (QED) is 0.363. The summed E-state index contributed by atoms with van der Waals surface area (Å²) < 4.78 is 11.5. The van der Waals surface area contributed by atoms with Gasteiger partial charge in [0, 0.05) is 10.6 Å². The molecule has 3 aromatic rings. The van der Waals surface area contributed by atoms with E-state index in [0.29, 0.717) is 27.0 Å². The van der Waals surface area contributed by atoms with Gasteiger partial charge in [0.15, 0.2) is 11.5 Å². The van der Waals surface area contributed by atoms with Crippen LogP contribution in [0.3, 0.4) is 0 Å². The Morgan fingerprint density at radius 1 is 1.00 bits per heavy atom. The van der Waals surface area contributed by atoms with Crippen molar-refractivity contribution in [3.8, 4) is 11.5 Å². The molecule has 1 saturated heterocycles. The second-order valence-electron chi connectivity index (χ2n) is 7.55. The van der Waals surface area contributed by atoms with Crippen molar-refractivity contribution in [3.05, 3.63) is 98.9 Å². The summed E-state index contributed by atoms with van der Waals surface area (Å²) in [5.74, 6) is 0.698. The standard InChI is InChI=1S/C26H22ClNO4S/c1-17-9-11-18(12-10-17)15-28-25(29)23(33-26(28)30)14-20-6-4-8-22(31-2)24(20)32-16-19-5-3-7-21(27)13-19/h3-14H,15-16H2,1-2H3/b23-14-. The molecule has 0 atom stereocenters. The maximum atomic E-state index is 13.0. The molecule has 7 heteroatoms. The molecule has 5 nitrogen and oxygen atoms in total. The lowest BCUT2D eigenvalue weighted by atomic mass is 10.1. The Kier molecular flexibility index (Phi) is 7.06. The van der Waals surface area contributed by atoms with Crippen LogP contribution < -0.4 is 9.47 Å². The van der Waals surface area contributed by atoms with Gasteiger partial charge in [0.05, 0.1) is 18.6 Å². The number of benzene rings is 3. The van der Waals surface area contributed by atoms with E-state index in [9.17, 15) is 9.59 Å². The molecule has 1 heterocycles. The molecular weight excluding hydrogens is 458 g/mol. The summed E-state index contributed by atoms with van der Waals surface area (Å²) >= 11 is 6.99. The highest BCUT2D eigenvalue weighted by atomic mass is 35.5. The van der Waals surface area contributed by atoms with Crippen LogP contribution in [0.5, 0.6) is 11.5 Å². The smallest absolute Gasteiger partial charge is 0.293 e. The summed E-state index contributed by atoms with van der Waals surface area (Å²) in [6.45, 7) is 2.50. The van der Waals surface area contributed by atoms with Crippen LogP contribution in [0.25, 0.3) is 6.08 Å². The molecule has 1 fully saturated rings. The minimum absolute atomic E-state index is 0.235. The van der Waals surface area contributed by atoms with E-state index in [2.05, 4.69) is 0 Å². The van der Waals surface area contributed by atoms with Crippen molar-refractivity contribution in [3.63, 3.8) is 0 Å². The average molecular weight is 480 g/mol. The molecular formula is C26H22ClNO4S. The van der Waals surface area contributed by atoms with Gasteiger partial charge < -0.3 is 9.47 Å². The summed E-state index contributed by atoms with van der Waals surface area (Å²) in [5.41, 5.74) is 3.57. The van der Waals surface area contributed by atoms with Crippen LogP contribution in [0.1, 0.15) is 22.3 Å². The molecule has 0 radical (unpaired) electrons. The lowest BCUT2D eigenvalue weighted by Crippen LogP contribution is -2.27. The number of thioether (sulfide) groups is 1. The molecule has 0 unspecified atom stereocenters. The van der Waals surface area contributed by atoms with E-state index in [1.807, 2.05) is 61.5 Å². The number of ether oxygens (including phenoxy) is 2. The zero-order chi connectivity index (χ0) is 23.4. The molecule has 0 N–H and O–H groups in total. The Labute approximate surface area is 202 Å². The molecule has 168 valence electrons. The summed E-state index contributed by atoms with van der Waals surface area (Å²) in [6, 6.07) is 20.6. The van der Waals surface area contributed by atoms with Crippen molar-refractivity contribution in [2.45, 2.75) is 20.1 Å². The Hall–Kier alpha value is -3.22. The van der Waals surface area contributed by atoms with Crippen LogP contribution in [0.4, 0.5) is 4.79 Å². The van der Waals surface area contributed by atoms with Crippen molar-refractivity contribution < 1.29 is 19.1 Å². The predicted octanol–water partition coefficient (Wildman–Crippen LogP) is 6.47. The number of hydrogen-bond acceptors (Lipinski definition) is 5. The number of carbonyl (C=O) groups is 2. The summed E-state index contributed by atoms with van der Waals surface area (Å²) in [4.78, 5) is 27.2. The lowest BCUT2D eigenvalue weighted by molar-refractivity contribution is -0.123. The van der Waals surface area contributed by atoms with Gasteiger partial charge in [-0.1, -0.05) is 65.7 Å². The lowest BCUT2D eigenvalue weighted by Gasteiger charge is -2.14. The number of halogens is 1. The Balaban J connectivity index is 1.58. The van der Waals surface area contributed by atoms with Gasteiger partial charge in [-0.05, 0) is 54.1 Å². The predicted molar refractivity (Wildman–Crippen MR) is 131 cm³/mol. The third kappa shape index (κ3) is 5.41. The highest BCUT2D eigenvalue weighted by Crippen LogP contribution is 2.38. The van der Waals surface area contributed by atoms with Crippen LogP contribution in [0, 0.1) is 6.92 Å². The third-order valence-corrected chi connectivity index (χ3v) is 6.27. The molecule has 0 spiro atoms. The fourth-order valence-electron chi connectivity index (χ4n) is 3.40. The maximum Gasteiger partial charge on any atom is 0.293 e. The zero-order valence-corrected chi connectivity index (χ0v) is 19.8. The van der Waals surface area contributed by atoms with Gasteiger partial charge in [0.2, 0.25) is 0 Å². The molecule has 0 aromatic heterocycles. The fourth-order valence-corrected chi connectivity index (χ4v) is 4.44. The van der Waals surface area contributed by atoms with Gasteiger partial charge in [-0.15, -0.1) is 0 Å². The Bertz CT molecular complexity index is 1220. The van der Waals surface area contributed by atoms with Crippen molar-refractivity contribution in [2.24, 2.45) is 0 Å². The summed E-state index contributed by atoms with van der Waals surface area (Å²) in [7, 11) is 1.56. The Morgan fingerprint density at radius 2 is 1.76 bits per heavy atom. The zero-order valence-electron chi connectivity index (χ0n) is 18.2. The second-order valence-corrected chi connectivity index (χ2v) is 8.98. The van der Waals surface area contributed by atoms with Gasteiger partial charge in [0.25, 0.3) is 11.1 Å². The largest absolute Gasteiger partial charge is 0.493 e. The highest BCUT2D eigenvalue weighted by molar-refractivity contribution is 8.18. The topological polar surface area (TPSA) is 55.8 Å². The van der Waals surface area contributed by atoms with E-state index in [0.717, 1.165) is 28.5 Å². The highest BCUT2D eigenvalue weighted by Gasteiger charge is 2.35. The monoisotopic (exact) mass is 479 g/mol. The normalized spacial score (nSPS) is 14.8. The van der Waals surface area contributed by atoms with Crippen LogP contribution in [0.15, 0.2) is 71.6 Å². The first-order valence-corrected chi connectivity index (χ1v) is 11.5. The average Bonchev–Trinajstić information content (AvgIpc) is 3.06. The van der Waals surface area contributed by atoms with Crippen LogP contribution >= 0.6 is 23.4 Å². The van der Waals surface area contributed by atoms with Gasteiger partial charge in [-0.25, -0.2) is 0 Å². The van der Waals surface area contributed by atoms with Gasteiger partial charge >= 0.3 is 0 Å². The summed E-state index contributed by atoms with van der Waals surface area (Å²) in [5, 5.41) is 0.328. The first kappa shape index (κ1) is 23.0.